The van der Waals surface area contributed by atoms with Crippen LogP contribution in [0.25, 0.3) is 5.70 Å². The second kappa shape index (κ2) is 8.28. The first kappa shape index (κ1) is 20.7. The maximum Gasteiger partial charge on any atom is 0.186 e. The Hall–Kier alpha value is -1.57. The molecule has 0 saturated carbocycles. The van der Waals surface area contributed by atoms with E-state index in [0.717, 1.165) is 72.1 Å². The summed E-state index contributed by atoms with van der Waals surface area (Å²) in [6, 6.07) is 0. The number of rotatable bonds is 5. The van der Waals surface area contributed by atoms with Crippen LogP contribution >= 0.6 is 22.9 Å². The van der Waals surface area contributed by atoms with Crippen LogP contribution in [0.15, 0.2) is 21.4 Å². The molecule has 8 heteroatoms. The van der Waals surface area contributed by atoms with E-state index in [1.165, 1.54) is 10.5 Å². The predicted molar refractivity (Wildman–Crippen MR) is 121 cm³/mol. The lowest BCUT2D eigenvalue weighted by Crippen LogP contribution is -2.42. The van der Waals surface area contributed by atoms with Crippen LogP contribution in [0.2, 0.25) is 0 Å². The molecule has 1 aromatic rings. The van der Waals surface area contributed by atoms with Crippen molar-refractivity contribution in [1.29, 1.82) is 0 Å². The van der Waals surface area contributed by atoms with Crippen LogP contribution in [0, 0.1) is 12.8 Å². The van der Waals surface area contributed by atoms with Crippen LogP contribution < -0.4 is 10.2 Å². The van der Waals surface area contributed by atoms with E-state index in [1.54, 1.807) is 11.3 Å². The molecule has 0 amide bonds. The quantitative estimate of drug-likeness (QED) is 0.736. The molecule has 0 spiro atoms. The summed E-state index contributed by atoms with van der Waals surface area (Å²) in [6.07, 6.45) is 2.12. The van der Waals surface area contributed by atoms with E-state index in [9.17, 15) is 0 Å². The van der Waals surface area contributed by atoms with Crippen LogP contribution in [-0.4, -0.2) is 48.2 Å². The van der Waals surface area contributed by atoms with Crippen LogP contribution in [-0.2, 0) is 4.74 Å². The van der Waals surface area contributed by atoms with Gasteiger partial charge in [0.2, 0.25) is 0 Å². The molecule has 1 atom stereocenters. The zero-order valence-corrected chi connectivity index (χ0v) is 19.5. The lowest BCUT2D eigenvalue weighted by atomic mass is 9.89. The van der Waals surface area contributed by atoms with Crippen molar-refractivity contribution in [3.63, 3.8) is 0 Å². The highest BCUT2D eigenvalue weighted by atomic mass is 35.5. The molecule has 4 rings (SSSR count). The van der Waals surface area contributed by atoms with Gasteiger partial charge in [-0.2, -0.15) is 5.10 Å². The molecule has 4 heterocycles. The number of hydrazone groups is 1. The number of aromatic nitrogens is 1. The van der Waals surface area contributed by atoms with Gasteiger partial charge >= 0.3 is 0 Å². The van der Waals surface area contributed by atoms with Gasteiger partial charge in [0.05, 0.1) is 34.5 Å². The number of hydrogen-bond acceptors (Lipinski definition) is 7. The highest BCUT2D eigenvalue weighted by Crippen LogP contribution is 2.44. The standard InChI is InChI=1S/C21H30ClN5OS/c1-6-15(7-2)16-17(22)12(3)25-27-18(13(4)23-20(16)27)19-14(5)24-21(29-19)26-8-10-28-11-9-26/h15,20,23H,6-11H2,1-5H3. The molecule has 0 bridgehead atoms. The Morgan fingerprint density at radius 3 is 2.55 bits per heavy atom. The van der Waals surface area contributed by atoms with Gasteiger partial charge in [0, 0.05) is 18.8 Å². The van der Waals surface area contributed by atoms with Crippen molar-refractivity contribution in [3.8, 4) is 0 Å². The van der Waals surface area contributed by atoms with Crippen LogP contribution in [0.1, 0.15) is 51.1 Å². The van der Waals surface area contributed by atoms with Crippen LogP contribution in [0.4, 0.5) is 5.13 Å². The average Bonchev–Trinajstić information content (AvgIpc) is 3.25. The summed E-state index contributed by atoms with van der Waals surface area (Å²) >= 11 is 8.51. The van der Waals surface area contributed by atoms with Crippen molar-refractivity contribution in [3.05, 3.63) is 26.9 Å². The number of hydrogen-bond donors (Lipinski definition) is 1. The van der Waals surface area contributed by atoms with E-state index in [-0.39, 0.29) is 6.17 Å². The van der Waals surface area contributed by atoms with Gasteiger partial charge in [-0.15, -0.1) is 0 Å². The van der Waals surface area contributed by atoms with Gasteiger partial charge in [0.25, 0.3) is 0 Å². The van der Waals surface area contributed by atoms with Gasteiger partial charge in [-0.3, -0.25) is 0 Å². The zero-order valence-electron chi connectivity index (χ0n) is 17.9. The highest BCUT2D eigenvalue weighted by molar-refractivity contribution is 7.16. The Bertz CT molecular complexity index is 880. The summed E-state index contributed by atoms with van der Waals surface area (Å²) in [5, 5.41) is 12.6. The third-order valence-corrected chi connectivity index (χ3v) is 7.73. The topological polar surface area (TPSA) is 53.0 Å². The van der Waals surface area contributed by atoms with Crippen molar-refractivity contribution in [2.75, 3.05) is 31.2 Å². The van der Waals surface area contributed by atoms with Crippen LogP contribution in [0.5, 0.6) is 0 Å². The fourth-order valence-electron chi connectivity index (χ4n) is 4.38. The Balaban J connectivity index is 1.70. The molecule has 0 aliphatic carbocycles. The molecule has 0 aromatic carbocycles. The van der Waals surface area contributed by atoms with Crippen LogP contribution in [0.3, 0.4) is 0 Å². The second-order valence-electron chi connectivity index (χ2n) is 7.84. The summed E-state index contributed by atoms with van der Waals surface area (Å²) in [7, 11) is 0. The minimum atomic E-state index is -0.0144. The fraction of sp³-hybridized carbons (Fsp3) is 0.619. The Kier molecular flexibility index (Phi) is 5.91. The normalized spacial score (nSPS) is 22.4. The summed E-state index contributed by atoms with van der Waals surface area (Å²) in [5.41, 5.74) is 5.44. The van der Waals surface area contributed by atoms with Crippen molar-refractivity contribution in [1.82, 2.24) is 15.3 Å². The maximum absolute atomic E-state index is 6.77. The van der Waals surface area contributed by atoms with Gasteiger partial charge in [-0.1, -0.05) is 36.8 Å². The number of ether oxygens (including phenoxy) is 1. The number of thiazole rings is 1. The molecule has 3 aliphatic heterocycles. The first-order valence-corrected chi connectivity index (χ1v) is 11.7. The SMILES string of the molecule is CCC(CC)C1=C(Cl)C(C)=NN2C(c3sc(N4CCOCC4)nc3C)=C(C)NC12. The molecule has 1 unspecified atom stereocenters. The van der Waals surface area contributed by atoms with Crippen molar-refractivity contribution < 1.29 is 4.74 Å². The first-order valence-electron chi connectivity index (χ1n) is 10.5. The van der Waals surface area contributed by atoms with Gasteiger partial charge in [-0.05, 0) is 45.1 Å². The largest absolute Gasteiger partial charge is 0.378 e. The zero-order chi connectivity index (χ0) is 20.7. The first-order chi connectivity index (χ1) is 14.0. The summed E-state index contributed by atoms with van der Waals surface area (Å²) < 4.78 is 5.50. The number of fused-ring (bicyclic) bond motifs is 1. The third kappa shape index (κ3) is 3.57. The molecule has 29 heavy (non-hydrogen) atoms. The van der Waals surface area contributed by atoms with Gasteiger partial charge in [0.15, 0.2) is 5.13 Å². The molecule has 6 nitrogen and oxygen atoms in total. The molecule has 1 aromatic heterocycles. The maximum atomic E-state index is 6.77. The smallest absolute Gasteiger partial charge is 0.186 e. The Morgan fingerprint density at radius 1 is 1.21 bits per heavy atom. The van der Waals surface area contributed by atoms with Crippen molar-refractivity contribution in [2.45, 2.75) is 53.6 Å². The van der Waals surface area contributed by atoms with E-state index >= 15 is 0 Å². The Morgan fingerprint density at radius 2 is 1.90 bits per heavy atom. The summed E-state index contributed by atoms with van der Waals surface area (Å²) in [6.45, 7) is 14.0. The number of nitrogens with one attached hydrogen (secondary N) is 1. The lowest BCUT2D eigenvalue weighted by molar-refractivity contribution is 0.122. The molecule has 1 saturated heterocycles. The fourth-order valence-corrected chi connectivity index (χ4v) is 5.89. The molecule has 1 fully saturated rings. The highest BCUT2D eigenvalue weighted by Gasteiger charge is 2.40. The Labute approximate surface area is 182 Å². The van der Waals surface area contributed by atoms with Gasteiger partial charge in [0.1, 0.15) is 11.9 Å². The minimum Gasteiger partial charge on any atom is -0.378 e. The summed E-state index contributed by atoms with van der Waals surface area (Å²) in [5.74, 6) is 0.437. The molecule has 3 aliphatic rings. The molecule has 1 N–H and O–H groups in total. The van der Waals surface area contributed by atoms with E-state index in [1.807, 2.05) is 6.92 Å². The number of halogens is 1. The number of aryl methyl sites for hydroxylation is 1. The molecular formula is C21H30ClN5OS. The van der Waals surface area contributed by atoms with Crippen molar-refractivity contribution >= 4 is 39.5 Å². The second-order valence-corrected chi connectivity index (χ2v) is 9.20. The number of anilines is 1. The van der Waals surface area contributed by atoms with E-state index in [4.69, 9.17) is 26.4 Å². The molecule has 0 radical (unpaired) electrons. The average molecular weight is 436 g/mol. The third-order valence-electron chi connectivity index (χ3n) is 6.01. The lowest BCUT2D eigenvalue weighted by Gasteiger charge is -2.35. The molecular weight excluding hydrogens is 406 g/mol. The van der Waals surface area contributed by atoms with E-state index in [2.05, 4.69) is 42.9 Å². The minimum absolute atomic E-state index is 0.0144. The number of allylic oxidation sites excluding steroid dienone is 2. The monoisotopic (exact) mass is 435 g/mol. The van der Waals surface area contributed by atoms with Gasteiger partial charge in [-0.25, -0.2) is 9.99 Å². The van der Waals surface area contributed by atoms with Gasteiger partial charge < -0.3 is 15.0 Å². The van der Waals surface area contributed by atoms with E-state index in [0.29, 0.717) is 5.92 Å². The van der Waals surface area contributed by atoms with E-state index < -0.39 is 0 Å². The summed E-state index contributed by atoms with van der Waals surface area (Å²) in [4.78, 5) is 8.38. The molecule has 158 valence electrons. The number of nitrogens with zero attached hydrogens (tertiary/aromatic N) is 4. The number of morpholine rings is 1. The predicted octanol–water partition coefficient (Wildman–Crippen LogP) is 4.53. The van der Waals surface area contributed by atoms with Crippen molar-refractivity contribution in [2.24, 2.45) is 11.0 Å².